The van der Waals surface area contributed by atoms with Crippen molar-refractivity contribution < 1.29 is 8.42 Å². The van der Waals surface area contributed by atoms with Crippen molar-refractivity contribution in [2.24, 2.45) is 4.40 Å². The lowest BCUT2D eigenvalue weighted by Crippen LogP contribution is -2.04. The zero-order valence-corrected chi connectivity index (χ0v) is 17.1. The Morgan fingerprint density at radius 2 is 1.52 bits per heavy atom. The van der Waals surface area contributed by atoms with Gasteiger partial charge in [-0.15, -0.1) is 0 Å². The van der Waals surface area contributed by atoms with E-state index in [1.165, 1.54) is 0 Å². The smallest absolute Gasteiger partial charge is 0.199 e. The summed E-state index contributed by atoms with van der Waals surface area (Å²) in [6, 6.07) is 23.8. The summed E-state index contributed by atoms with van der Waals surface area (Å²) < 4.78 is 30.6. The summed E-state index contributed by atoms with van der Waals surface area (Å²) in [6.07, 6.45) is 3.58. The highest BCUT2D eigenvalue weighted by atomic mass is 79.9. The molecule has 0 saturated carbocycles. The van der Waals surface area contributed by atoms with Crippen molar-refractivity contribution >= 4 is 37.7 Å². The van der Waals surface area contributed by atoms with Crippen molar-refractivity contribution in [2.45, 2.75) is 11.8 Å². The molecule has 27 heavy (non-hydrogen) atoms. The first-order valence-corrected chi connectivity index (χ1v) is 10.6. The van der Waals surface area contributed by atoms with Crippen LogP contribution in [0.5, 0.6) is 0 Å². The monoisotopic (exact) mass is 439 g/mol. The van der Waals surface area contributed by atoms with E-state index in [9.17, 15) is 8.42 Å². The number of aryl methyl sites for hydroxylation is 1. The van der Waals surface area contributed by atoms with Crippen LogP contribution in [0.3, 0.4) is 0 Å². The van der Waals surface area contributed by atoms with Gasteiger partial charge in [0, 0.05) is 10.0 Å². The highest BCUT2D eigenvalue weighted by Gasteiger charge is 2.14. The summed E-state index contributed by atoms with van der Waals surface area (Å²) in [5, 5.41) is 0. The van der Waals surface area contributed by atoms with E-state index >= 15 is 0 Å². The summed E-state index contributed by atoms with van der Waals surface area (Å²) in [5.74, 6) is 0. The van der Waals surface area contributed by atoms with Crippen LogP contribution in [0.15, 0.2) is 98.7 Å². The maximum Gasteiger partial charge on any atom is 0.282 e. The lowest BCUT2D eigenvalue weighted by Gasteiger charge is -2.05. The van der Waals surface area contributed by atoms with Crippen molar-refractivity contribution in [3.63, 3.8) is 0 Å². The lowest BCUT2D eigenvalue weighted by molar-refractivity contribution is 0.598. The first-order chi connectivity index (χ1) is 12.9. The van der Waals surface area contributed by atoms with Crippen LogP contribution in [0.1, 0.15) is 16.7 Å². The third kappa shape index (κ3) is 5.25. The average molecular weight is 440 g/mol. The van der Waals surface area contributed by atoms with Crippen LogP contribution in [0.2, 0.25) is 0 Å². The van der Waals surface area contributed by atoms with E-state index in [0.717, 1.165) is 21.2 Å². The van der Waals surface area contributed by atoms with Crippen LogP contribution in [-0.4, -0.2) is 14.1 Å². The Hall–Kier alpha value is -2.50. The normalized spacial score (nSPS) is 12.4. The van der Waals surface area contributed by atoms with Gasteiger partial charge in [-0.05, 0) is 42.8 Å². The highest BCUT2D eigenvalue weighted by molar-refractivity contribution is 9.10. The second-order valence-corrected chi connectivity index (χ2v) is 8.54. The number of nitrogens with zero attached hydrogens (tertiary/aromatic N) is 1. The van der Waals surface area contributed by atoms with Crippen molar-refractivity contribution in [2.75, 3.05) is 0 Å². The van der Waals surface area contributed by atoms with Crippen LogP contribution < -0.4 is 0 Å². The molecule has 0 saturated heterocycles. The zero-order valence-electron chi connectivity index (χ0n) is 14.7. The fourth-order valence-corrected chi connectivity index (χ4v) is 3.71. The Bertz CT molecular complexity index is 1070. The topological polar surface area (TPSA) is 46.5 Å². The molecule has 5 heteroatoms. The SMILES string of the molecule is Cc1ccc(S(=O)(=O)/N=C(\C=C\c2ccccc2)c2ccc(Br)cc2)cc1. The number of benzene rings is 3. The minimum absolute atomic E-state index is 0.177. The molecular formula is C22H18BrNO2S. The molecule has 0 bridgehead atoms. The first-order valence-electron chi connectivity index (χ1n) is 8.35. The summed E-state index contributed by atoms with van der Waals surface area (Å²) in [6.45, 7) is 1.91. The molecule has 0 aromatic heterocycles. The highest BCUT2D eigenvalue weighted by Crippen LogP contribution is 2.18. The van der Waals surface area contributed by atoms with E-state index in [0.29, 0.717) is 5.71 Å². The van der Waals surface area contributed by atoms with E-state index in [1.807, 2.05) is 67.6 Å². The van der Waals surface area contributed by atoms with Crippen molar-refractivity contribution in [1.29, 1.82) is 0 Å². The second kappa shape index (κ2) is 8.46. The molecule has 3 nitrogen and oxygen atoms in total. The maximum atomic E-state index is 12.8. The van der Waals surface area contributed by atoms with Gasteiger partial charge in [-0.1, -0.05) is 82.2 Å². The zero-order chi connectivity index (χ0) is 19.3. The molecular weight excluding hydrogens is 422 g/mol. The van der Waals surface area contributed by atoms with Gasteiger partial charge in [0.15, 0.2) is 0 Å². The third-order valence-electron chi connectivity index (χ3n) is 3.91. The molecule has 0 N–H and O–H groups in total. The van der Waals surface area contributed by atoms with Gasteiger partial charge in [-0.3, -0.25) is 0 Å². The molecule has 3 rings (SSSR count). The number of rotatable bonds is 5. The predicted octanol–water partition coefficient (Wildman–Crippen LogP) is 5.65. The molecule has 0 unspecified atom stereocenters. The molecule has 0 aliphatic rings. The molecule has 136 valence electrons. The number of halogens is 1. The predicted molar refractivity (Wildman–Crippen MR) is 115 cm³/mol. The minimum Gasteiger partial charge on any atom is -0.199 e. The van der Waals surface area contributed by atoms with E-state index < -0.39 is 10.0 Å². The molecule has 0 aliphatic carbocycles. The first kappa shape index (κ1) is 19.3. The Labute approximate surface area is 168 Å². The number of hydrogen-bond donors (Lipinski definition) is 0. The van der Waals surface area contributed by atoms with Crippen molar-refractivity contribution in [1.82, 2.24) is 0 Å². The van der Waals surface area contributed by atoms with E-state index in [-0.39, 0.29) is 4.90 Å². The van der Waals surface area contributed by atoms with Crippen LogP contribution in [0.4, 0.5) is 0 Å². The fraction of sp³-hybridized carbons (Fsp3) is 0.0455. The number of sulfonamides is 1. The molecule has 0 radical (unpaired) electrons. The van der Waals surface area contributed by atoms with Crippen LogP contribution >= 0.6 is 15.9 Å². The molecule has 0 spiro atoms. The van der Waals surface area contributed by atoms with Gasteiger partial charge in [-0.25, -0.2) is 0 Å². The standard InChI is InChI=1S/C22H18BrNO2S/c1-17-7-14-21(15-8-17)27(25,26)24-22(19-10-12-20(23)13-11-19)16-9-18-5-3-2-4-6-18/h2-16H,1H3/b16-9+,24-22+. The second-order valence-electron chi connectivity index (χ2n) is 6.02. The van der Waals surface area contributed by atoms with Gasteiger partial charge in [0.1, 0.15) is 0 Å². The summed E-state index contributed by atoms with van der Waals surface area (Å²) >= 11 is 3.40. The van der Waals surface area contributed by atoms with Crippen LogP contribution in [0.25, 0.3) is 6.08 Å². The van der Waals surface area contributed by atoms with Gasteiger partial charge in [0.2, 0.25) is 0 Å². The number of allylic oxidation sites excluding steroid dienone is 1. The van der Waals surface area contributed by atoms with Crippen molar-refractivity contribution in [3.8, 4) is 0 Å². The molecule has 0 amide bonds. The molecule has 0 atom stereocenters. The summed E-state index contributed by atoms with van der Waals surface area (Å²) in [5.41, 5.74) is 3.07. The molecule has 3 aromatic carbocycles. The Balaban J connectivity index is 2.05. The van der Waals surface area contributed by atoms with Crippen LogP contribution in [-0.2, 0) is 10.0 Å². The van der Waals surface area contributed by atoms with Gasteiger partial charge >= 0.3 is 0 Å². The van der Waals surface area contributed by atoms with Crippen LogP contribution in [0, 0.1) is 6.92 Å². The molecule has 0 heterocycles. The van der Waals surface area contributed by atoms with Gasteiger partial charge < -0.3 is 0 Å². The summed E-state index contributed by atoms with van der Waals surface area (Å²) in [4.78, 5) is 0.177. The Morgan fingerprint density at radius 3 is 2.15 bits per heavy atom. The Morgan fingerprint density at radius 1 is 0.889 bits per heavy atom. The fourth-order valence-electron chi connectivity index (χ4n) is 2.43. The minimum atomic E-state index is -3.81. The van der Waals surface area contributed by atoms with E-state index in [2.05, 4.69) is 20.3 Å². The van der Waals surface area contributed by atoms with Gasteiger partial charge in [0.05, 0.1) is 10.6 Å². The van der Waals surface area contributed by atoms with Gasteiger partial charge in [0.25, 0.3) is 10.0 Å². The molecule has 0 fully saturated rings. The van der Waals surface area contributed by atoms with E-state index in [4.69, 9.17) is 0 Å². The molecule has 0 aliphatic heterocycles. The quantitative estimate of drug-likeness (QED) is 0.482. The van der Waals surface area contributed by atoms with Gasteiger partial charge in [-0.2, -0.15) is 12.8 Å². The average Bonchev–Trinajstić information content (AvgIpc) is 2.67. The van der Waals surface area contributed by atoms with E-state index in [1.54, 1.807) is 30.3 Å². The molecule has 3 aromatic rings. The third-order valence-corrected chi connectivity index (χ3v) is 5.74. The maximum absolute atomic E-state index is 12.8. The lowest BCUT2D eigenvalue weighted by atomic mass is 10.1. The summed E-state index contributed by atoms with van der Waals surface area (Å²) in [7, 11) is -3.81. The number of hydrogen-bond acceptors (Lipinski definition) is 2. The van der Waals surface area contributed by atoms with Crippen molar-refractivity contribution in [3.05, 3.63) is 106 Å². The largest absolute Gasteiger partial charge is 0.282 e. The Kier molecular flexibility index (Phi) is 6.04.